The van der Waals surface area contributed by atoms with Gasteiger partial charge in [0.1, 0.15) is 5.69 Å². The predicted molar refractivity (Wildman–Crippen MR) is 72.3 cm³/mol. The molecule has 0 bridgehead atoms. The molecule has 0 atom stereocenters. The lowest BCUT2D eigenvalue weighted by atomic mass is 10.2. The minimum atomic E-state index is -0.428. The van der Waals surface area contributed by atoms with E-state index in [1.807, 2.05) is 6.92 Å². The Morgan fingerprint density at radius 1 is 1.50 bits per heavy atom. The standard InChI is InChI=1S/C12H15N5O3/c1-9-2-3-11(17(19)20)6-12(9)13-7-10-8-16(4-5-18)15-14-10/h2-3,6,8,13,18H,4-5,7H2,1H3. The van der Waals surface area contributed by atoms with Crippen LogP contribution in [0.5, 0.6) is 0 Å². The highest BCUT2D eigenvalue weighted by molar-refractivity contribution is 5.56. The molecule has 0 aliphatic carbocycles. The van der Waals surface area contributed by atoms with Gasteiger partial charge in [0, 0.05) is 17.8 Å². The Kier molecular flexibility index (Phi) is 4.26. The number of aryl methyl sites for hydroxylation is 1. The van der Waals surface area contributed by atoms with Crippen LogP contribution in [0.25, 0.3) is 0 Å². The molecule has 2 rings (SSSR count). The Morgan fingerprint density at radius 3 is 3.00 bits per heavy atom. The predicted octanol–water partition coefficient (Wildman–Crippen LogP) is 1.10. The van der Waals surface area contributed by atoms with Gasteiger partial charge in [-0.2, -0.15) is 0 Å². The van der Waals surface area contributed by atoms with E-state index >= 15 is 0 Å². The van der Waals surface area contributed by atoms with Crippen LogP contribution in [-0.4, -0.2) is 31.6 Å². The van der Waals surface area contributed by atoms with E-state index < -0.39 is 4.92 Å². The maximum absolute atomic E-state index is 10.7. The maximum atomic E-state index is 10.7. The number of nitrogens with one attached hydrogen (secondary N) is 1. The molecule has 8 nitrogen and oxygen atoms in total. The third-order valence-electron chi connectivity index (χ3n) is 2.81. The van der Waals surface area contributed by atoms with E-state index in [0.29, 0.717) is 24.5 Å². The second kappa shape index (κ2) is 6.11. The first-order chi connectivity index (χ1) is 9.60. The van der Waals surface area contributed by atoms with Crippen LogP contribution in [0.1, 0.15) is 11.3 Å². The van der Waals surface area contributed by atoms with Crippen LogP contribution in [0.3, 0.4) is 0 Å². The second-order valence-electron chi connectivity index (χ2n) is 4.31. The number of aliphatic hydroxyl groups excluding tert-OH is 1. The van der Waals surface area contributed by atoms with Gasteiger partial charge in [0.05, 0.1) is 30.8 Å². The number of nitro groups is 1. The molecular formula is C12H15N5O3. The van der Waals surface area contributed by atoms with Gasteiger partial charge in [-0.1, -0.05) is 11.3 Å². The van der Waals surface area contributed by atoms with Crippen molar-refractivity contribution >= 4 is 11.4 Å². The Bertz CT molecular complexity index is 611. The molecule has 106 valence electrons. The van der Waals surface area contributed by atoms with E-state index in [9.17, 15) is 10.1 Å². The SMILES string of the molecule is Cc1ccc([N+](=O)[O-])cc1NCc1cn(CCO)nn1. The molecule has 0 saturated carbocycles. The van der Waals surface area contributed by atoms with Crippen molar-refractivity contribution in [3.8, 4) is 0 Å². The fourth-order valence-electron chi connectivity index (χ4n) is 1.73. The largest absolute Gasteiger partial charge is 0.394 e. The maximum Gasteiger partial charge on any atom is 0.271 e. The van der Waals surface area contributed by atoms with Gasteiger partial charge in [-0.05, 0) is 12.5 Å². The summed E-state index contributed by atoms with van der Waals surface area (Å²) >= 11 is 0. The van der Waals surface area contributed by atoms with Gasteiger partial charge in [0.2, 0.25) is 0 Å². The van der Waals surface area contributed by atoms with Gasteiger partial charge in [0.25, 0.3) is 5.69 Å². The molecular weight excluding hydrogens is 262 g/mol. The van der Waals surface area contributed by atoms with Crippen molar-refractivity contribution in [3.05, 3.63) is 45.8 Å². The molecule has 2 aromatic rings. The fourth-order valence-corrected chi connectivity index (χ4v) is 1.73. The molecule has 2 N–H and O–H groups in total. The lowest BCUT2D eigenvalue weighted by molar-refractivity contribution is -0.384. The Balaban J connectivity index is 2.05. The summed E-state index contributed by atoms with van der Waals surface area (Å²) < 4.78 is 1.54. The number of nitro benzene ring substituents is 1. The summed E-state index contributed by atoms with van der Waals surface area (Å²) in [6.07, 6.45) is 1.72. The number of aliphatic hydroxyl groups is 1. The molecule has 0 fully saturated rings. The van der Waals surface area contributed by atoms with Crippen LogP contribution in [0.2, 0.25) is 0 Å². The highest BCUT2D eigenvalue weighted by Crippen LogP contribution is 2.22. The fraction of sp³-hybridized carbons (Fsp3) is 0.333. The lowest BCUT2D eigenvalue weighted by Crippen LogP contribution is -2.03. The zero-order valence-electron chi connectivity index (χ0n) is 11.0. The van der Waals surface area contributed by atoms with Crippen molar-refractivity contribution in [1.29, 1.82) is 0 Å². The van der Waals surface area contributed by atoms with Gasteiger partial charge in [-0.3, -0.25) is 10.1 Å². The summed E-state index contributed by atoms with van der Waals surface area (Å²) in [7, 11) is 0. The first-order valence-electron chi connectivity index (χ1n) is 6.09. The van der Waals surface area contributed by atoms with Gasteiger partial charge in [0.15, 0.2) is 0 Å². The number of hydrogen-bond donors (Lipinski definition) is 2. The van der Waals surface area contributed by atoms with E-state index in [1.54, 1.807) is 12.3 Å². The number of hydrogen-bond acceptors (Lipinski definition) is 6. The topological polar surface area (TPSA) is 106 Å². The van der Waals surface area contributed by atoms with Crippen molar-refractivity contribution < 1.29 is 10.0 Å². The van der Waals surface area contributed by atoms with Crippen molar-refractivity contribution in [3.63, 3.8) is 0 Å². The monoisotopic (exact) mass is 277 g/mol. The third kappa shape index (κ3) is 3.29. The molecule has 8 heteroatoms. The minimum absolute atomic E-state index is 0.000215. The molecule has 1 aromatic heterocycles. The van der Waals surface area contributed by atoms with E-state index in [2.05, 4.69) is 15.6 Å². The molecule has 0 unspecified atom stereocenters. The molecule has 1 heterocycles. The smallest absolute Gasteiger partial charge is 0.271 e. The molecule has 0 aliphatic heterocycles. The average Bonchev–Trinajstić information content (AvgIpc) is 2.86. The van der Waals surface area contributed by atoms with E-state index in [-0.39, 0.29) is 12.3 Å². The number of rotatable bonds is 6. The van der Waals surface area contributed by atoms with Crippen molar-refractivity contribution in [1.82, 2.24) is 15.0 Å². The highest BCUT2D eigenvalue weighted by Gasteiger charge is 2.09. The van der Waals surface area contributed by atoms with Crippen LogP contribution >= 0.6 is 0 Å². The van der Waals surface area contributed by atoms with Gasteiger partial charge >= 0.3 is 0 Å². The van der Waals surface area contributed by atoms with Gasteiger partial charge in [-0.15, -0.1) is 5.10 Å². The number of nitrogens with zero attached hydrogens (tertiary/aromatic N) is 4. The zero-order valence-corrected chi connectivity index (χ0v) is 11.0. The van der Waals surface area contributed by atoms with Crippen LogP contribution < -0.4 is 5.32 Å². The summed E-state index contributed by atoms with van der Waals surface area (Å²) in [5.41, 5.74) is 2.35. The molecule has 20 heavy (non-hydrogen) atoms. The van der Waals surface area contributed by atoms with E-state index in [1.165, 1.54) is 16.8 Å². The molecule has 0 radical (unpaired) electrons. The van der Waals surface area contributed by atoms with Crippen LogP contribution in [0.15, 0.2) is 24.4 Å². The Morgan fingerprint density at radius 2 is 2.30 bits per heavy atom. The van der Waals surface area contributed by atoms with Gasteiger partial charge < -0.3 is 10.4 Å². The quantitative estimate of drug-likeness (QED) is 0.605. The van der Waals surface area contributed by atoms with Crippen LogP contribution in [-0.2, 0) is 13.1 Å². The minimum Gasteiger partial charge on any atom is -0.394 e. The van der Waals surface area contributed by atoms with Crippen molar-refractivity contribution in [2.75, 3.05) is 11.9 Å². The second-order valence-corrected chi connectivity index (χ2v) is 4.31. The highest BCUT2D eigenvalue weighted by atomic mass is 16.6. The summed E-state index contributed by atoms with van der Waals surface area (Å²) in [6.45, 7) is 2.67. The van der Waals surface area contributed by atoms with Gasteiger partial charge in [-0.25, -0.2) is 4.68 Å². The van der Waals surface area contributed by atoms with Crippen LogP contribution in [0, 0.1) is 17.0 Å². The first-order valence-corrected chi connectivity index (χ1v) is 6.09. The third-order valence-corrected chi connectivity index (χ3v) is 2.81. The summed E-state index contributed by atoms with van der Waals surface area (Å²) in [4.78, 5) is 10.3. The molecule has 1 aromatic carbocycles. The van der Waals surface area contributed by atoms with Crippen molar-refractivity contribution in [2.24, 2.45) is 0 Å². The van der Waals surface area contributed by atoms with Crippen LogP contribution in [0.4, 0.5) is 11.4 Å². The zero-order chi connectivity index (χ0) is 14.5. The molecule has 0 aliphatic rings. The summed E-state index contributed by atoms with van der Waals surface area (Å²) in [6, 6.07) is 4.66. The molecule has 0 spiro atoms. The summed E-state index contributed by atoms with van der Waals surface area (Å²) in [5, 5.41) is 30.4. The Hall–Kier alpha value is -2.48. The van der Waals surface area contributed by atoms with E-state index in [4.69, 9.17) is 5.11 Å². The lowest BCUT2D eigenvalue weighted by Gasteiger charge is -2.07. The summed E-state index contributed by atoms with van der Waals surface area (Å²) in [5.74, 6) is 0. The van der Waals surface area contributed by atoms with Crippen molar-refractivity contribution in [2.45, 2.75) is 20.0 Å². The Labute approximate surface area is 115 Å². The van der Waals surface area contributed by atoms with E-state index in [0.717, 1.165) is 5.56 Å². The first kappa shape index (κ1) is 13.9. The number of non-ortho nitro benzene ring substituents is 1. The number of aromatic nitrogens is 3. The average molecular weight is 277 g/mol. The molecule has 0 amide bonds. The number of anilines is 1. The molecule has 0 saturated heterocycles. The normalized spacial score (nSPS) is 10.5. The number of benzene rings is 1.